The van der Waals surface area contributed by atoms with E-state index >= 15 is 0 Å². The number of methoxy groups -OCH3 is 1. The molecule has 6 aromatic rings. The number of aromatic amines is 1. The summed E-state index contributed by atoms with van der Waals surface area (Å²) in [5.41, 5.74) is 5.53. The minimum atomic E-state index is -0.589. The molecule has 0 unspecified atom stereocenters. The number of ether oxygens (including phenoxy) is 2. The fourth-order valence-electron chi connectivity index (χ4n) is 4.91. The lowest BCUT2D eigenvalue weighted by Crippen LogP contribution is -2.20. The van der Waals surface area contributed by atoms with Crippen molar-refractivity contribution in [1.82, 2.24) is 14.5 Å². The molecule has 194 valence electrons. The Balaban J connectivity index is 1.13. The number of carbonyl (C=O) groups is 2. The first-order valence-corrected chi connectivity index (χ1v) is 12.7. The summed E-state index contributed by atoms with van der Waals surface area (Å²) in [6.45, 7) is 2.56. The first kappa shape index (κ1) is 24.2. The molecule has 0 saturated heterocycles. The molecule has 0 aliphatic carbocycles. The number of imidazole rings is 1. The molecule has 0 saturated carbocycles. The van der Waals surface area contributed by atoms with Crippen LogP contribution in [0.15, 0.2) is 84.9 Å². The zero-order valence-electron chi connectivity index (χ0n) is 21.5. The zero-order chi connectivity index (χ0) is 26.9. The van der Waals surface area contributed by atoms with E-state index in [-0.39, 0.29) is 0 Å². The lowest BCUT2D eigenvalue weighted by molar-refractivity contribution is -0.119. The van der Waals surface area contributed by atoms with Gasteiger partial charge in [0.05, 0.1) is 23.7 Å². The second kappa shape index (κ2) is 9.98. The molecule has 4 aromatic carbocycles. The number of nitrogens with zero attached hydrogens (tertiary/aromatic N) is 2. The third-order valence-electron chi connectivity index (χ3n) is 6.79. The predicted octanol–water partition coefficient (Wildman–Crippen LogP) is 6.16. The van der Waals surface area contributed by atoms with Gasteiger partial charge >= 0.3 is 5.97 Å². The van der Waals surface area contributed by atoms with Crippen LogP contribution >= 0.6 is 0 Å². The largest absolute Gasteiger partial charge is 0.497 e. The van der Waals surface area contributed by atoms with Crippen LogP contribution in [-0.2, 0) is 16.1 Å². The number of benzene rings is 4. The van der Waals surface area contributed by atoms with Gasteiger partial charge < -0.3 is 24.3 Å². The van der Waals surface area contributed by atoms with Gasteiger partial charge in [-0.05, 0) is 73.7 Å². The normalized spacial score (nSPS) is 11.2. The maximum absolute atomic E-state index is 12.7. The predicted molar refractivity (Wildman–Crippen MR) is 152 cm³/mol. The van der Waals surface area contributed by atoms with E-state index < -0.39 is 18.5 Å². The molecule has 0 radical (unpaired) electrons. The van der Waals surface area contributed by atoms with E-state index in [1.54, 1.807) is 25.3 Å². The fraction of sp³-hybridized carbons (Fsp3) is 0.129. The number of hydrogen-bond donors (Lipinski definition) is 2. The number of aryl methyl sites for hydroxylation is 1. The molecule has 8 heteroatoms. The van der Waals surface area contributed by atoms with E-state index in [1.165, 1.54) is 0 Å². The van der Waals surface area contributed by atoms with Crippen LogP contribution in [-0.4, -0.2) is 40.1 Å². The van der Waals surface area contributed by atoms with Crippen molar-refractivity contribution in [3.8, 4) is 17.1 Å². The molecule has 0 atom stereocenters. The minimum absolute atomic E-state index is 0.328. The summed E-state index contributed by atoms with van der Waals surface area (Å²) >= 11 is 0. The van der Waals surface area contributed by atoms with Gasteiger partial charge in [0.25, 0.3) is 5.91 Å². The van der Waals surface area contributed by atoms with Gasteiger partial charge in [0, 0.05) is 39.6 Å². The number of carbonyl (C=O) groups excluding carboxylic acids is 2. The topological polar surface area (TPSA) is 98.2 Å². The van der Waals surface area contributed by atoms with Crippen LogP contribution < -0.4 is 10.1 Å². The number of rotatable bonds is 7. The van der Waals surface area contributed by atoms with Gasteiger partial charge in [0.2, 0.25) is 0 Å². The van der Waals surface area contributed by atoms with Crippen molar-refractivity contribution in [3.63, 3.8) is 0 Å². The quantitative estimate of drug-likeness (QED) is 0.247. The number of para-hydroxylation sites is 1. The monoisotopic (exact) mass is 518 g/mol. The molecule has 2 heterocycles. The SMILES string of the molecule is CCn1c2ccccc2c2cc(NC(=O)COC(=O)c3ccc4nc(-c5ccc(OC)cc5)[nH]c4c3)ccc21. The van der Waals surface area contributed by atoms with Crippen LogP contribution in [0.3, 0.4) is 0 Å². The van der Waals surface area contributed by atoms with Crippen molar-refractivity contribution in [2.45, 2.75) is 13.5 Å². The average molecular weight is 519 g/mol. The van der Waals surface area contributed by atoms with Crippen LogP contribution in [0.2, 0.25) is 0 Å². The van der Waals surface area contributed by atoms with E-state index in [2.05, 4.69) is 38.9 Å². The van der Waals surface area contributed by atoms with Gasteiger partial charge in [-0.2, -0.15) is 0 Å². The Bertz CT molecular complexity index is 1850. The van der Waals surface area contributed by atoms with Gasteiger partial charge in [0.15, 0.2) is 6.61 Å². The van der Waals surface area contributed by atoms with E-state index in [4.69, 9.17) is 9.47 Å². The molecule has 39 heavy (non-hydrogen) atoms. The van der Waals surface area contributed by atoms with Crippen LogP contribution in [0.4, 0.5) is 5.69 Å². The second-order valence-electron chi connectivity index (χ2n) is 9.16. The highest BCUT2D eigenvalue weighted by Gasteiger charge is 2.15. The summed E-state index contributed by atoms with van der Waals surface area (Å²) in [7, 11) is 1.62. The Morgan fingerprint density at radius 3 is 2.51 bits per heavy atom. The smallest absolute Gasteiger partial charge is 0.338 e. The summed E-state index contributed by atoms with van der Waals surface area (Å²) in [6, 6.07) is 26.6. The van der Waals surface area contributed by atoms with Gasteiger partial charge in [-0.25, -0.2) is 9.78 Å². The maximum atomic E-state index is 12.7. The number of H-pyrrole nitrogens is 1. The Kier molecular flexibility index (Phi) is 6.20. The molecule has 2 aromatic heterocycles. The summed E-state index contributed by atoms with van der Waals surface area (Å²) in [6.07, 6.45) is 0. The second-order valence-corrected chi connectivity index (χ2v) is 9.16. The summed E-state index contributed by atoms with van der Waals surface area (Å²) in [5, 5.41) is 5.03. The van der Waals surface area contributed by atoms with E-state index in [1.807, 2.05) is 54.6 Å². The molecule has 0 bridgehead atoms. The highest BCUT2D eigenvalue weighted by molar-refractivity contribution is 6.10. The Hall–Kier alpha value is -5.11. The highest BCUT2D eigenvalue weighted by Crippen LogP contribution is 2.31. The van der Waals surface area contributed by atoms with Gasteiger partial charge in [-0.1, -0.05) is 18.2 Å². The lowest BCUT2D eigenvalue weighted by atomic mass is 10.1. The average Bonchev–Trinajstić information content (AvgIpc) is 3.54. The van der Waals surface area contributed by atoms with E-state index in [0.717, 1.165) is 45.2 Å². The zero-order valence-corrected chi connectivity index (χ0v) is 21.5. The van der Waals surface area contributed by atoms with Crippen molar-refractivity contribution in [3.05, 3.63) is 90.5 Å². The van der Waals surface area contributed by atoms with Crippen LogP contribution in [0, 0.1) is 0 Å². The number of anilines is 1. The molecule has 0 fully saturated rings. The molecule has 1 amide bonds. The highest BCUT2D eigenvalue weighted by atomic mass is 16.5. The van der Waals surface area contributed by atoms with Crippen molar-refractivity contribution in [2.75, 3.05) is 19.0 Å². The molecule has 0 aliphatic heterocycles. The molecule has 0 aliphatic rings. The van der Waals surface area contributed by atoms with Crippen LogP contribution in [0.25, 0.3) is 44.2 Å². The first-order chi connectivity index (χ1) is 19.0. The van der Waals surface area contributed by atoms with Gasteiger partial charge in [-0.15, -0.1) is 0 Å². The Labute approximate surface area is 224 Å². The molecule has 2 N–H and O–H groups in total. The standard InChI is InChI=1S/C31H26N4O4/c1-3-35-27-7-5-4-6-23(27)24-17-21(11-15-28(24)35)32-29(36)18-39-31(37)20-10-14-25-26(16-20)34-30(33-25)19-8-12-22(38-2)13-9-19/h4-17H,3,18H2,1-2H3,(H,32,36)(H,33,34). The van der Waals surface area contributed by atoms with Crippen molar-refractivity contribution in [2.24, 2.45) is 0 Å². The van der Waals surface area contributed by atoms with Crippen molar-refractivity contribution in [1.29, 1.82) is 0 Å². The van der Waals surface area contributed by atoms with E-state index in [0.29, 0.717) is 22.6 Å². The number of hydrogen-bond acceptors (Lipinski definition) is 5. The fourth-order valence-corrected chi connectivity index (χ4v) is 4.91. The number of fused-ring (bicyclic) bond motifs is 4. The first-order valence-electron chi connectivity index (χ1n) is 12.7. The summed E-state index contributed by atoms with van der Waals surface area (Å²) < 4.78 is 12.8. The minimum Gasteiger partial charge on any atom is -0.497 e. The van der Waals surface area contributed by atoms with Crippen molar-refractivity contribution >= 4 is 50.4 Å². The lowest BCUT2D eigenvalue weighted by Gasteiger charge is -2.08. The van der Waals surface area contributed by atoms with Crippen LogP contribution in [0.1, 0.15) is 17.3 Å². The number of nitrogens with one attached hydrogen (secondary N) is 2. The Morgan fingerprint density at radius 1 is 0.923 bits per heavy atom. The van der Waals surface area contributed by atoms with E-state index in [9.17, 15) is 9.59 Å². The van der Waals surface area contributed by atoms with Gasteiger partial charge in [-0.3, -0.25) is 4.79 Å². The third-order valence-corrected chi connectivity index (χ3v) is 6.79. The molecule has 0 spiro atoms. The Morgan fingerprint density at radius 2 is 1.72 bits per heavy atom. The molecule has 8 nitrogen and oxygen atoms in total. The van der Waals surface area contributed by atoms with Crippen molar-refractivity contribution < 1.29 is 19.1 Å². The summed E-state index contributed by atoms with van der Waals surface area (Å²) in [5.74, 6) is 0.436. The van der Waals surface area contributed by atoms with Gasteiger partial charge in [0.1, 0.15) is 11.6 Å². The molecule has 6 rings (SSSR count). The maximum Gasteiger partial charge on any atom is 0.338 e. The molecular formula is C31H26N4O4. The number of aromatic nitrogens is 3. The molecular weight excluding hydrogens is 492 g/mol. The number of amides is 1. The third kappa shape index (κ3) is 4.57. The van der Waals surface area contributed by atoms with Crippen LogP contribution in [0.5, 0.6) is 5.75 Å². The number of esters is 1. The summed E-state index contributed by atoms with van der Waals surface area (Å²) in [4.78, 5) is 33.1.